The van der Waals surface area contributed by atoms with Gasteiger partial charge in [0.1, 0.15) is 29.8 Å². The lowest BCUT2D eigenvalue weighted by molar-refractivity contribution is -0.119. The van der Waals surface area contributed by atoms with Crippen LogP contribution in [-0.4, -0.2) is 5.78 Å². The molecule has 2 heterocycles. The number of benzene rings is 1. The van der Waals surface area contributed by atoms with Crippen molar-refractivity contribution in [3.63, 3.8) is 0 Å². The van der Waals surface area contributed by atoms with Crippen LogP contribution in [0.3, 0.4) is 0 Å². The van der Waals surface area contributed by atoms with Crippen molar-refractivity contribution in [1.29, 1.82) is 5.26 Å². The molecule has 0 fully saturated rings. The number of nitrogens with zero attached hydrogens (tertiary/aromatic N) is 1. The predicted octanol–water partition coefficient (Wildman–Crippen LogP) is 6.10. The molecule has 0 unspecified atom stereocenters. The normalized spacial score (nSPS) is 20.0. The summed E-state index contributed by atoms with van der Waals surface area (Å²) in [5, 5.41) is 9.85. The van der Waals surface area contributed by atoms with Gasteiger partial charge >= 0.3 is 0 Å². The minimum Gasteiger partial charge on any atom is -0.489 e. The molecule has 0 saturated carbocycles. The van der Waals surface area contributed by atoms with Crippen LogP contribution in [0.2, 0.25) is 0 Å². The van der Waals surface area contributed by atoms with Gasteiger partial charge < -0.3 is 15.2 Å². The molecule has 1 aliphatic heterocycles. The number of nitrogens with two attached hydrogens (primary N) is 1. The number of ketones is 1. The van der Waals surface area contributed by atoms with Crippen molar-refractivity contribution in [2.45, 2.75) is 52.6 Å². The van der Waals surface area contributed by atoms with Crippen LogP contribution in [0.5, 0.6) is 5.75 Å². The molecule has 1 aromatic heterocycles. The van der Waals surface area contributed by atoms with E-state index in [-0.39, 0.29) is 17.1 Å². The van der Waals surface area contributed by atoms with Crippen LogP contribution in [0.15, 0.2) is 57.6 Å². The second-order valence-electron chi connectivity index (χ2n) is 8.90. The molecule has 0 bridgehead atoms. The number of hydrogen-bond donors (Lipinski definition) is 1. The maximum absolute atomic E-state index is 13.2. The molecule has 1 aromatic carbocycles. The maximum atomic E-state index is 13.2. The first-order valence-electron chi connectivity index (χ1n) is 10.6. The minimum atomic E-state index is -0.482. The first-order chi connectivity index (χ1) is 15.2. The molecule has 2 N–H and O–H groups in total. The zero-order valence-electron chi connectivity index (χ0n) is 18.3. The predicted molar refractivity (Wildman–Crippen MR) is 128 cm³/mol. The SMILES string of the molecule is CCc1sc([C@H]2C(C#N)=C(N)OC3=C2C(=O)CC(C)(C)C3)cc1COc1ccc(Br)cc1. The average Bonchev–Trinajstić information content (AvgIpc) is 3.14. The van der Waals surface area contributed by atoms with Crippen LogP contribution in [0, 0.1) is 16.7 Å². The van der Waals surface area contributed by atoms with E-state index in [1.807, 2.05) is 38.1 Å². The summed E-state index contributed by atoms with van der Waals surface area (Å²) in [4.78, 5) is 15.3. The van der Waals surface area contributed by atoms with Gasteiger partial charge in [-0.05, 0) is 42.2 Å². The van der Waals surface area contributed by atoms with Gasteiger partial charge in [-0.1, -0.05) is 36.7 Å². The zero-order valence-corrected chi connectivity index (χ0v) is 20.7. The monoisotopic (exact) mass is 512 g/mol. The van der Waals surface area contributed by atoms with E-state index in [9.17, 15) is 10.1 Å². The van der Waals surface area contributed by atoms with Crippen LogP contribution in [0.4, 0.5) is 0 Å². The van der Waals surface area contributed by atoms with E-state index in [0.29, 0.717) is 36.4 Å². The van der Waals surface area contributed by atoms with E-state index in [1.54, 1.807) is 11.3 Å². The molecule has 0 radical (unpaired) electrons. The van der Waals surface area contributed by atoms with Gasteiger partial charge in [-0.2, -0.15) is 5.26 Å². The lowest BCUT2D eigenvalue weighted by Gasteiger charge is -2.36. The summed E-state index contributed by atoms with van der Waals surface area (Å²) in [5.41, 5.74) is 7.90. The molecule has 0 spiro atoms. The summed E-state index contributed by atoms with van der Waals surface area (Å²) in [7, 11) is 0. The van der Waals surface area contributed by atoms with E-state index >= 15 is 0 Å². The van der Waals surface area contributed by atoms with Crippen LogP contribution < -0.4 is 10.5 Å². The molecule has 7 heteroatoms. The number of Topliss-reactive ketones (excluding diaryl/α,β-unsaturated/α-hetero) is 1. The standard InChI is InChI=1S/C25H25BrN2O3S/c1-4-20-14(13-30-16-7-5-15(26)6-8-16)9-21(32-20)22-17(12-27)24(28)31-19-11-25(2,3)10-18(29)23(19)22/h5-9,22H,4,10-11,13,28H2,1-3H3/t22-/m1/s1. The number of carbonyl (C=O) groups is 1. The number of nitriles is 1. The highest BCUT2D eigenvalue weighted by atomic mass is 79.9. The number of ether oxygens (including phenoxy) is 2. The number of aryl methyl sites for hydroxylation is 1. The van der Waals surface area contributed by atoms with Gasteiger partial charge in [0.05, 0.1) is 5.92 Å². The first-order valence-corrected chi connectivity index (χ1v) is 12.2. The fourth-order valence-corrected chi connectivity index (χ4v) is 5.81. The minimum absolute atomic E-state index is 0.0283. The Kier molecular flexibility index (Phi) is 6.19. The van der Waals surface area contributed by atoms with E-state index in [4.69, 9.17) is 15.2 Å². The lowest BCUT2D eigenvalue weighted by atomic mass is 9.71. The molecule has 1 atom stereocenters. The van der Waals surface area contributed by atoms with Crippen LogP contribution in [-0.2, 0) is 22.6 Å². The number of thiophene rings is 1. The molecule has 0 saturated heterocycles. The van der Waals surface area contributed by atoms with Crippen molar-refractivity contribution >= 4 is 33.0 Å². The summed E-state index contributed by atoms with van der Waals surface area (Å²) in [5.74, 6) is 1.03. The molecule has 32 heavy (non-hydrogen) atoms. The fourth-order valence-electron chi connectivity index (χ4n) is 4.31. The Morgan fingerprint density at radius 1 is 1.31 bits per heavy atom. The van der Waals surface area contributed by atoms with Crippen molar-refractivity contribution in [3.8, 4) is 11.8 Å². The quantitative estimate of drug-likeness (QED) is 0.522. The largest absolute Gasteiger partial charge is 0.489 e. The Bertz CT molecular complexity index is 1170. The van der Waals surface area contributed by atoms with Crippen LogP contribution in [0.1, 0.15) is 54.8 Å². The Labute approximate surface area is 200 Å². The van der Waals surface area contributed by atoms with Crippen molar-refractivity contribution in [1.82, 2.24) is 0 Å². The van der Waals surface area contributed by atoms with Crippen LogP contribution >= 0.6 is 27.3 Å². The highest BCUT2D eigenvalue weighted by molar-refractivity contribution is 9.10. The first kappa shape index (κ1) is 22.6. The second-order valence-corrected chi connectivity index (χ2v) is 11.0. The van der Waals surface area contributed by atoms with E-state index in [2.05, 4.69) is 35.0 Å². The third-order valence-electron chi connectivity index (χ3n) is 5.80. The molecule has 5 nitrogen and oxygen atoms in total. The van der Waals surface area contributed by atoms with Gasteiger partial charge in [0.25, 0.3) is 0 Å². The van der Waals surface area contributed by atoms with Gasteiger partial charge in [0, 0.05) is 38.2 Å². The third kappa shape index (κ3) is 4.35. The number of allylic oxidation sites excluding steroid dienone is 3. The Morgan fingerprint density at radius 2 is 2.03 bits per heavy atom. The van der Waals surface area contributed by atoms with E-state index in [0.717, 1.165) is 27.1 Å². The molecule has 166 valence electrons. The number of rotatable bonds is 5. The average molecular weight is 513 g/mol. The second kappa shape index (κ2) is 8.76. The van der Waals surface area contributed by atoms with E-state index in [1.165, 1.54) is 4.88 Å². The number of carbonyl (C=O) groups excluding carboxylic acids is 1. The van der Waals surface area contributed by atoms with Gasteiger partial charge in [0.2, 0.25) is 5.88 Å². The Balaban J connectivity index is 1.71. The topological polar surface area (TPSA) is 85.3 Å². The highest BCUT2D eigenvalue weighted by Gasteiger charge is 2.43. The summed E-state index contributed by atoms with van der Waals surface area (Å²) in [6, 6.07) is 12.0. The molecule has 4 rings (SSSR count). The number of halogens is 1. The summed E-state index contributed by atoms with van der Waals surface area (Å²) in [6.07, 6.45) is 1.88. The molecule has 2 aromatic rings. The van der Waals surface area contributed by atoms with Crippen LogP contribution in [0.25, 0.3) is 0 Å². The van der Waals surface area contributed by atoms with Gasteiger partial charge in [-0.15, -0.1) is 11.3 Å². The van der Waals surface area contributed by atoms with Gasteiger partial charge in [-0.3, -0.25) is 4.79 Å². The molecule has 0 amide bonds. The van der Waals surface area contributed by atoms with Gasteiger partial charge in [-0.25, -0.2) is 0 Å². The highest BCUT2D eigenvalue weighted by Crippen LogP contribution is 2.49. The maximum Gasteiger partial charge on any atom is 0.205 e. The Morgan fingerprint density at radius 3 is 2.69 bits per heavy atom. The van der Waals surface area contributed by atoms with Crippen molar-refractivity contribution < 1.29 is 14.3 Å². The molecule has 1 aliphatic carbocycles. The molecular formula is C25H25BrN2O3S. The van der Waals surface area contributed by atoms with Crippen molar-refractivity contribution in [2.75, 3.05) is 0 Å². The van der Waals surface area contributed by atoms with Crippen molar-refractivity contribution in [3.05, 3.63) is 72.9 Å². The van der Waals surface area contributed by atoms with Crippen molar-refractivity contribution in [2.24, 2.45) is 11.1 Å². The fraction of sp³-hybridized carbons (Fsp3) is 0.360. The lowest BCUT2D eigenvalue weighted by Crippen LogP contribution is -2.33. The van der Waals surface area contributed by atoms with E-state index < -0.39 is 5.92 Å². The number of hydrogen-bond acceptors (Lipinski definition) is 6. The molecular weight excluding hydrogens is 488 g/mol. The third-order valence-corrected chi connectivity index (χ3v) is 7.72. The van der Waals surface area contributed by atoms with Gasteiger partial charge in [0.15, 0.2) is 5.78 Å². The Hall–Kier alpha value is -2.56. The summed E-state index contributed by atoms with van der Waals surface area (Å²) in [6.45, 7) is 6.60. The molecule has 2 aliphatic rings. The summed E-state index contributed by atoms with van der Waals surface area (Å²) >= 11 is 5.04. The summed E-state index contributed by atoms with van der Waals surface area (Å²) < 4.78 is 12.8. The smallest absolute Gasteiger partial charge is 0.205 e. The zero-order chi connectivity index (χ0) is 23.0.